The molecule has 0 atom stereocenters. The zero-order chi connectivity index (χ0) is 23.3. The first-order valence-corrected chi connectivity index (χ1v) is 12.2. The first-order valence-electron chi connectivity index (χ1n) is 12.2. The third-order valence-electron chi connectivity index (χ3n) is 7.42. The largest absolute Gasteiger partial charge is 0.495 e. The van der Waals surface area contributed by atoms with Crippen LogP contribution >= 0.6 is 0 Å². The Balaban J connectivity index is 1.17. The van der Waals surface area contributed by atoms with Crippen LogP contribution in [0.15, 0.2) is 24.3 Å². The van der Waals surface area contributed by atoms with Gasteiger partial charge in [0.25, 0.3) is 0 Å². The number of carbonyl (C=O) groups is 3. The van der Waals surface area contributed by atoms with Gasteiger partial charge in [-0.1, -0.05) is 31.4 Å². The molecule has 2 heterocycles. The van der Waals surface area contributed by atoms with E-state index in [4.69, 9.17) is 4.74 Å². The number of amides is 3. The standard InChI is InChI=1S/C25H36N4O4/c1-33-21-8-4-3-7-20(21)28-15-13-27(14-16-28)12-11-26-22(30)19-29-23(31)17-25(18-24(29)32)9-5-2-6-10-25/h3-4,7-8H,2,5-6,9-19H2,1H3,(H,26,30). The highest BCUT2D eigenvalue weighted by atomic mass is 16.5. The summed E-state index contributed by atoms with van der Waals surface area (Å²) >= 11 is 0. The van der Waals surface area contributed by atoms with Gasteiger partial charge in [-0.25, -0.2) is 0 Å². The lowest BCUT2D eigenvalue weighted by atomic mass is 9.67. The average molecular weight is 457 g/mol. The van der Waals surface area contributed by atoms with Crippen molar-refractivity contribution in [2.45, 2.75) is 44.9 Å². The number of methoxy groups -OCH3 is 1. The summed E-state index contributed by atoms with van der Waals surface area (Å²) < 4.78 is 5.47. The van der Waals surface area contributed by atoms with E-state index in [9.17, 15) is 14.4 Å². The van der Waals surface area contributed by atoms with E-state index in [0.717, 1.165) is 69.8 Å². The summed E-state index contributed by atoms with van der Waals surface area (Å²) in [6, 6.07) is 8.05. The number of ether oxygens (including phenoxy) is 1. The van der Waals surface area contributed by atoms with E-state index in [1.807, 2.05) is 18.2 Å². The van der Waals surface area contributed by atoms with E-state index in [-0.39, 0.29) is 29.7 Å². The molecule has 0 radical (unpaired) electrons. The molecule has 8 heteroatoms. The van der Waals surface area contributed by atoms with E-state index < -0.39 is 0 Å². The molecule has 180 valence electrons. The maximum absolute atomic E-state index is 12.6. The molecule has 0 bridgehead atoms. The van der Waals surface area contributed by atoms with E-state index in [2.05, 4.69) is 21.2 Å². The van der Waals surface area contributed by atoms with Crippen LogP contribution < -0.4 is 15.0 Å². The molecule has 33 heavy (non-hydrogen) atoms. The number of imide groups is 1. The Morgan fingerprint density at radius 2 is 1.67 bits per heavy atom. The van der Waals surface area contributed by atoms with Gasteiger partial charge in [-0.05, 0) is 30.4 Å². The van der Waals surface area contributed by atoms with Gasteiger partial charge in [0, 0.05) is 52.1 Å². The summed E-state index contributed by atoms with van der Waals surface area (Å²) in [5.74, 6) is 0.255. The Morgan fingerprint density at radius 3 is 2.33 bits per heavy atom. The molecule has 4 rings (SSSR count). The lowest BCUT2D eigenvalue weighted by Crippen LogP contribution is -2.52. The molecule has 1 N–H and O–H groups in total. The lowest BCUT2D eigenvalue weighted by molar-refractivity contribution is -0.156. The number of carbonyl (C=O) groups excluding carboxylic acids is 3. The van der Waals surface area contributed by atoms with Crippen LogP contribution in [0.1, 0.15) is 44.9 Å². The Labute approximate surface area is 196 Å². The minimum absolute atomic E-state index is 0.148. The molecule has 1 aliphatic carbocycles. The van der Waals surface area contributed by atoms with Crippen LogP contribution in [0.2, 0.25) is 0 Å². The summed E-state index contributed by atoms with van der Waals surface area (Å²) in [5, 5.41) is 2.89. The van der Waals surface area contributed by atoms with Gasteiger partial charge < -0.3 is 15.0 Å². The number of anilines is 1. The summed E-state index contributed by atoms with van der Waals surface area (Å²) in [6.45, 7) is 4.69. The van der Waals surface area contributed by atoms with Gasteiger partial charge in [-0.3, -0.25) is 24.2 Å². The van der Waals surface area contributed by atoms with Gasteiger partial charge >= 0.3 is 0 Å². The van der Waals surface area contributed by atoms with Crippen molar-refractivity contribution < 1.29 is 19.1 Å². The van der Waals surface area contributed by atoms with Gasteiger partial charge in [0.05, 0.1) is 12.8 Å². The predicted octanol–water partition coefficient (Wildman–Crippen LogP) is 2.03. The van der Waals surface area contributed by atoms with Crippen molar-refractivity contribution in [1.29, 1.82) is 0 Å². The van der Waals surface area contributed by atoms with Gasteiger partial charge in [-0.15, -0.1) is 0 Å². The molecular formula is C25H36N4O4. The van der Waals surface area contributed by atoms with Crippen LogP contribution in [0.25, 0.3) is 0 Å². The Kier molecular flexibility index (Phi) is 7.53. The maximum Gasteiger partial charge on any atom is 0.240 e. The number of likely N-dealkylation sites (tertiary alicyclic amines) is 1. The summed E-state index contributed by atoms with van der Waals surface area (Å²) in [4.78, 5) is 43.5. The van der Waals surface area contributed by atoms with Gasteiger partial charge in [0.1, 0.15) is 12.3 Å². The van der Waals surface area contributed by atoms with Crippen molar-refractivity contribution in [2.75, 3.05) is 57.8 Å². The lowest BCUT2D eigenvalue weighted by Gasteiger charge is -2.42. The monoisotopic (exact) mass is 456 g/mol. The first-order chi connectivity index (χ1) is 16.0. The molecular weight excluding hydrogens is 420 g/mol. The number of piperazine rings is 1. The minimum Gasteiger partial charge on any atom is -0.495 e. The van der Waals surface area contributed by atoms with Crippen molar-refractivity contribution in [2.24, 2.45) is 5.41 Å². The number of hydrogen-bond acceptors (Lipinski definition) is 6. The van der Waals surface area contributed by atoms with Gasteiger partial charge in [-0.2, -0.15) is 0 Å². The summed E-state index contributed by atoms with van der Waals surface area (Å²) in [6.07, 6.45) is 6.09. The van der Waals surface area contributed by atoms with Crippen LogP contribution in [0, 0.1) is 5.41 Å². The predicted molar refractivity (Wildman–Crippen MR) is 126 cm³/mol. The highest BCUT2D eigenvalue weighted by molar-refractivity contribution is 6.01. The van der Waals surface area contributed by atoms with Crippen molar-refractivity contribution >= 4 is 23.4 Å². The molecule has 3 amide bonds. The van der Waals surface area contributed by atoms with E-state index in [1.165, 1.54) is 11.3 Å². The minimum atomic E-state index is -0.260. The SMILES string of the molecule is COc1ccccc1N1CCN(CCNC(=O)CN2C(=O)CC3(CCCCC3)CC2=O)CC1. The summed E-state index contributed by atoms with van der Waals surface area (Å²) in [5.41, 5.74) is 0.963. The second-order valence-corrected chi connectivity index (χ2v) is 9.64. The van der Waals surface area contributed by atoms with Crippen molar-refractivity contribution in [3.05, 3.63) is 24.3 Å². The number of piperidine rings is 1. The number of nitrogens with zero attached hydrogens (tertiary/aromatic N) is 3. The average Bonchev–Trinajstić information content (AvgIpc) is 2.82. The number of rotatable bonds is 7. The smallest absolute Gasteiger partial charge is 0.240 e. The van der Waals surface area contributed by atoms with Gasteiger partial charge in [0.15, 0.2) is 0 Å². The molecule has 3 fully saturated rings. The highest BCUT2D eigenvalue weighted by Gasteiger charge is 2.44. The fourth-order valence-electron chi connectivity index (χ4n) is 5.52. The molecule has 1 aromatic rings. The molecule has 1 spiro atoms. The Hall–Kier alpha value is -2.61. The van der Waals surface area contributed by atoms with Crippen molar-refractivity contribution in [3.63, 3.8) is 0 Å². The zero-order valence-electron chi connectivity index (χ0n) is 19.7. The fraction of sp³-hybridized carbons (Fsp3) is 0.640. The van der Waals surface area contributed by atoms with Crippen molar-refractivity contribution in [1.82, 2.24) is 15.1 Å². The van der Waals surface area contributed by atoms with Crippen molar-refractivity contribution in [3.8, 4) is 5.75 Å². The van der Waals surface area contributed by atoms with E-state index in [1.54, 1.807) is 7.11 Å². The van der Waals surface area contributed by atoms with E-state index >= 15 is 0 Å². The Morgan fingerprint density at radius 1 is 1.00 bits per heavy atom. The molecule has 1 saturated carbocycles. The third kappa shape index (κ3) is 5.66. The molecule has 0 unspecified atom stereocenters. The molecule has 3 aliphatic rings. The second kappa shape index (κ2) is 10.5. The number of para-hydroxylation sites is 2. The second-order valence-electron chi connectivity index (χ2n) is 9.64. The summed E-state index contributed by atoms with van der Waals surface area (Å²) in [7, 11) is 1.69. The first kappa shape index (κ1) is 23.5. The van der Waals surface area contributed by atoms with Crippen LogP contribution in [-0.4, -0.2) is 80.4 Å². The zero-order valence-corrected chi connectivity index (χ0v) is 19.7. The quantitative estimate of drug-likeness (QED) is 0.633. The molecule has 2 aliphatic heterocycles. The van der Waals surface area contributed by atoms with Crippen LogP contribution in [0.5, 0.6) is 5.75 Å². The van der Waals surface area contributed by atoms with Crippen LogP contribution in [-0.2, 0) is 14.4 Å². The number of benzene rings is 1. The van der Waals surface area contributed by atoms with Crippen LogP contribution in [0.3, 0.4) is 0 Å². The normalized spacial score (nSPS) is 21.4. The fourth-order valence-corrected chi connectivity index (χ4v) is 5.52. The van der Waals surface area contributed by atoms with Crippen LogP contribution in [0.4, 0.5) is 5.69 Å². The highest BCUT2D eigenvalue weighted by Crippen LogP contribution is 2.45. The number of nitrogens with one attached hydrogen (secondary N) is 1. The molecule has 0 aromatic heterocycles. The Bertz CT molecular complexity index is 840. The topological polar surface area (TPSA) is 82.2 Å². The maximum atomic E-state index is 12.6. The molecule has 1 aromatic carbocycles. The van der Waals surface area contributed by atoms with E-state index in [0.29, 0.717) is 19.4 Å². The molecule has 8 nitrogen and oxygen atoms in total. The number of hydrogen-bond donors (Lipinski definition) is 1. The molecule has 2 saturated heterocycles. The third-order valence-corrected chi connectivity index (χ3v) is 7.42. The van der Waals surface area contributed by atoms with Gasteiger partial charge in [0.2, 0.25) is 17.7 Å².